The Balaban J connectivity index is 1.45. The first-order chi connectivity index (χ1) is 14.9. The Labute approximate surface area is 181 Å². The number of para-hydroxylation sites is 1. The zero-order valence-electron chi connectivity index (χ0n) is 18.0. The molecule has 164 valence electrons. The number of carbonyl (C=O) groups excluding carboxylic acids is 2. The van der Waals surface area contributed by atoms with E-state index in [9.17, 15) is 9.59 Å². The van der Waals surface area contributed by atoms with Crippen molar-refractivity contribution >= 4 is 29.5 Å². The number of nitrogens with zero attached hydrogens (tertiary/aromatic N) is 5. The summed E-state index contributed by atoms with van der Waals surface area (Å²) in [6.07, 6.45) is 4.03. The number of nitrogens with two attached hydrogens (primary N) is 1. The summed E-state index contributed by atoms with van der Waals surface area (Å²) >= 11 is 0. The van der Waals surface area contributed by atoms with Gasteiger partial charge in [-0.1, -0.05) is 31.0 Å². The van der Waals surface area contributed by atoms with Gasteiger partial charge in [-0.15, -0.1) is 0 Å². The Hall–Kier alpha value is -3.23. The predicted octanol–water partition coefficient (Wildman–Crippen LogP) is 1.96. The molecule has 4 rings (SSSR count). The lowest BCUT2D eigenvalue weighted by atomic mass is 9.78. The number of benzene rings is 1. The maximum atomic E-state index is 13.4. The number of hydrogen-bond acceptors (Lipinski definition) is 8. The van der Waals surface area contributed by atoms with Crippen LogP contribution >= 0.6 is 0 Å². The van der Waals surface area contributed by atoms with Crippen LogP contribution in [0, 0.1) is 11.8 Å². The van der Waals surface area contributed by atoms with E-state index in [0.29, 0.717) is 25.3 Å². The van der Waals surface area contributed by atoms with Gasteiger partial charge in [0.2, 0.25) is 17.8 Å². The van der Waals surface area contributed by atoms with Gasteiger partial charge in [0.05, 0.1) is 11.8 Å². The molecule has 2 heterocycles. The molecule has 0 spiro atoms. The van der Waals surface area contributed by atoms with Crippen molar-refractivity contribution in [3.8, 4) is 0 Å². The highest BCUT2D eigenvalue weighted by Gasteiger charge is 2.40. The van der Waals surface area contributed by atoms with Gasteiger partial charge in [0.25, 0.3) is 0 Å². The molecule has 31 heavy (non-hydrogen) atoms. The number of anilines is 3. The van der Waals surface area contributed by atoms with E-state index in [1.807, 2.05) is 23.1 Å². The zero-order chi connectivity index (χ0) is 22.0. The molecule has 2 N–H and O–H groups in total. The van der Waals surface area contributed by atoms with E-state index in [0.717, 1.165) is 24.9 Å². The highest BCUT2D eigenvalue weighted by molar-refractivity contribution is 5.99. The first-order valence-electron chi connectivity index (χ1n) is 10.7. The van der Waals surface area contributed by atoms with E-state index in [2.05, 4.69) is 21.0 Å². The van der Waals surface area contributed by atoms with Crippen LogP contribution in [0.3, 0.4) is 0 Å². The summed E-state index contributed by atoms with van der Waals surface area (Å²) in [7, 11) is 3.58. The highest BCUT2D eigenvalue weighted by Crippen LogP contribution is 2.36. The molecule has 1 aliphatic carbocycles. The van der Waals surface area contributed by atoms with Gasteiger partial charge in [-0.2, -0.15) is 15.0 Å². The van der Waals surface area contributed by atoms with Crippen LogP contribution < -0.4 is 15.5 Å². The van der Waals surface area contributed by atoms with Gasteiger partial charge in [-0.3, -0.25) is 9.59 Å². The van der Waals surface area contributed by atoms with Gasteiger partial charge in [0.15, 0.2) is 12.4 Å². The molecule has 0 unspecified atom stereocenters. The highest BCUT2D eigenvalue weighted by atomic mass is 16.5. The van der Waals surface area contributed by atoms with Crippen molar-refractivity contribution in [2.75, 3.05) is 36.2 Å². The predicted molar refractivity (Wildman–Crippen MR) is 116 cm³/mol. The molecule has 2 aromatic rings. The molecule has 1 amide bonds. The molecule has 2 atom stereocenters. The van der Waals surface area contributed by atoms with Gasteiger partial charge in [-0.25, -0.2) is 0 Å². The molecular formula is C22H28N6O3. The van der Waals surface area contributed by atoms with Gasteiger partial charge >= 0.3 is 5.97 Å². The molecule has 0 bridgehead atoms. The monoisotopic (exact) mass is 424 g/mol. The second-order valence-corrected chi connectivity index (χ2v) is 8.28. The Kier molecular flexibility index (Phi) is 6.01. The number of fused-ring (bicyclic) bond motifs is 1. The molecular weight excluding hydrogens is 396 g/mol. The minimum Gasteiger partial charge on any atom is -0.457 e. The lowest BCUT2D eigenvalue weighted by Gasteiger charge is -2.32. The van der Waals surface area contributed by atoms with Crippen LogP contribution in [0.15, 0.2) is 24.3 Å². The standard InChI is InChI=1S/C22H28N6O3/c1-27(2)22-25-18(24-21(23)26-22)13-31-20(30)16-9-5-4-8-15(16)19(29)28-12-11-14-7-3-6-10-17(14)28/h3,6-7,10,15-16H,4-5,8-9,11-13H2,1-2H3,(H2,23,24,25,26)/t15-,16-/m1/s1. The summed E-state index contributed by atoms with van der Waals surface area (Å²) in [4.78, 5) is 42.2. The van der Waals surface area contributed by atoms with Crippen molar-refractivity contribution in [1.82, 2.24) is 15.0 Å². The van der Waals surface area contributed by atoms with Crippen LogP contribution in [-0.2, 0) is 27.4 Å². The minimum atomic E-state index is -0.457. The van der Waals surface area contributed by atoms with Crippen molar-refractivity contribution < 1.29 is 14.3 Å². The Morgan fingerprint density at radius 2 is 1.87 bits per heavy atom. The average molecular weight is 425 g/mol. The summed E-state index contributed by atoms with van der Waals surface area (Å²) in [6.45, 7) is 0.560. The first kappa shape index (κ1) is 21.0. The largest absolute Gasteiger partial charge is 0.457 e. The van der Waals surface area contributed by atoms with Gasteiger partial charge in [0.1, 0.15) is 0 Å². The van der Waals surface area contributed by atoms with Crippen molar-refractivity contribution in [2.45, 2.75) is 38.7 Å². The van der Waals surface area contributed by atoms with E-state index in [1.54, 1.807) is 19.0 Å². The van der Waals surface area contributed by atoms with E-state index in [1.165, 1.54) is 5.56 Å². The fourth-order valence-corrected chi connectivity index (χ4v) is 4.41. The topological polar surface area (TPSA) is 115 Å². The Morgan fingerprint density at radius 3 is 2.65 bits per heavy atom. The number of ether oxygens (including phenoxy) is 1. The molecule has 0 saturated heterocycles. The maximum absolute atomic E-state index is 13.4. The number of rotatable bonds is 5. The van der Waals surface area contributed by atoms with E-state index >= 15 is 0 Å². The number of carbonyl (C=O) groups is 2. The molecule has 1 fully saturated rings. The normalized spacial score (nSPS) is 20.3. The zero-order valence-corrected chi connectivity index (χ0v) is 18.0. The lowest BCUT2D eigenvalue weighted by molar-refractivity contribution is -0.155. The van der Waals surface area contributed by atoms with Crippen LogP contribution in [-0.4, -0.2) is 47.5 Å². The summed E-state index contributed by atoms with van der Waals surface area (Å²) < 4.78 is 5.53. The lowest BCUT2D eigenvalue weighted by Crippen LogP contribution is -2.42. The fraction of sp³-hybridized carbons (Fsp3) is 0.500. The molecule has 9 heteroatoms. The summed E-state index contributed by atoms with van der Waals surface area (Å²) in [6, 6.07) is 7.96. The van der Waals surface area contributed by atoms with Crippen molar-refractivity contribution in [3.05, 3.63) is 35.7 Å². The third-order valence-electron chi connectivity index (χ3n) is 5.97. The Morgan fingerprint density at radius 1 is 1.13 bits per heavy atom. The van der Waals surface area contributed by atoms with Crippen LogP contribution in [0.25, 0.3) is 0 Å². The number of esters is 1. The summed E-state index contributed by atoms with van der Waals surface area (Å²) in [5.74, 6) is -0.423. The number of nitrogen functional groups attached to an aromatic ring is 1. The van der Waals surface area contributed by atoms with Crippen LogP contribution in [0.5, 0.6) is 0 Å². The number of amides is 1. The van der Waals surface area contributed by atoms with E-state index in [-0.39, 0.29) is 36.2 Å². The second-order valence-electron chi connectivity index (χ2n) is 8.28. The number of hydrogen-bond donors (Lipinski definition) is 1. The first-order valence-corrected chi connectivity index (χ1v) is 10.7. The summed E-state index contributed by atoms with van der Waals surface area (Å²) in [5.41, 5.74) is 7.87. The third kappa shape index (κ3) is 4.45. The Bertz CT molecular complexity index is 979. The van der Waals surface area contributed by atoms with Gasteiger partial charge in [0, 0.05) is 26.3 Å². The molecule has 1 aromatic heterocycles. The quantitative estimate of drug-likeness (QED) is 0.725. The number of aromatic nitrogens is 3. The second kappa shape index (κ2) is 8.87. The smallest absolute Gasteiger partial charge is 0.310 e. The minimum absolute atomic E-state index is 0.0194. The van der Waals surface area contributed by atoms with Crippen LogP contribution in [0.2, 0.25) is 0 Å². The molecule has 1 saturated carbocycles. The molecule has 1 aliphatic heterocycles. The summed E-state index contributed by atoms with van der Waals surface area (Å²) in [5, 5.41) is 0. The van der Waals surface area contributed by atoms with Crippen molar-refractivity contribution in [3.63, 3.8) is 0 Å². The molecule has 2 aliphatic rings. The van der Waals surface area contributed by atoms with Gasteiger partial charge < -0.3 is 20.3 Å². The van der Waals surface area contributed by atoms with Gasteiger partial charge in [-0.05, 0) is 30.9 Å². The van der Waals surface area contributed by atoms with Crippen molar-refractivity contribution in [1.29, 1.82) is 0 Å². The molecule has 1 aromatic carbocycles. The molecule has 9 nitrogen and oxygen atoms in total. The maximum Gasteiger partial charge on any atom is 0.310 e. The fourth-order valence-electron chi connectivity index (χ4n) is 4.41. The van der Waals surface area contributed by atoms with E-state index in [4.69, 9.17) is 10.5 Å². The SMILES string of the molecule is CN(C)c1nc(N)nc(COC(=O)[C@@H]2CCCC[C@H]2C(=O)N2CCc3ccccc32)n1. The molecule has 0 radical (unpaired) electrons. The van der Waals surface area contributed by atoms with Crippen LogP contribution in [0.1, 0.15) is 37.1 Å². The van der Waals surface area contributed by atoms with Crippen LogP contribution in [0.4, 0.5) is 17.6 Å². The van der Waals surface area contributed by atoms with E-state index < -0.39 is 5.92 Å². The third-order valence-corrected chi connectivity index (χ3v) is 5.97. The average Bonchev–Trinajstić information content (AvgIpc) is 3.21. The van der Waals surface area contributed by atoms with Crippen molar-refractivity contribution in [2.24, 2.45) is 11.8 Å².